The monoisotopic (exact) mass is 369 g/mol. The molecular weight excluding hydrogens is 338 g/mol. The van der Waals surface area contributed by atoms with Crippen LogP contribution in [0, 0.1) is 5.41 Å². The molecule has 1 fully saturated rings. The van der Waals surface area contributed by atoms with E-state index in [0.717, 1.165) is 30.6 Å². The summed E-state index contributed by atoms with van der Waals surface area (Å²) in [6.07, 6.45) is 1.26. The number of rotatable bonds is 8. The molecular formula is C19H32ClN3O2. The number of carbonyl (C=O) groups is 1. The summed E-state index contributed by atoms with van der Waals surface area (Å²) in [5, 5.41) is 3.03. The van der Waals surface area contributed by atoms with Gasteiger partial charge >= 0.3 is 0 Å². The number of hydrogen-bond donors (Lipinski definition) is 2. The first kappa shape index (κ1) is 21.9. The summed E-state index contributed by atoms with van der Waals surface area (Å²) in [5.74, 6) is 0.0656. The first-order valence-electron chi connectivity index (χ1n) is 8.79. The van der Waals surface area contributed by atoms with E-state index in [-0.39, 0.29) is 29.8 Å². The molecule has 0 aromatic heterocycles. The summed E-state index contributed by atoms with van der Waals surface area (Å²) >= 11 is 0. The van der Waals surface area contributed by atoms with Crippen LogP contribution in [-0.4, -0.2) is 43.1 Å². The molecule has 5 nitrogen and oxygen atoms in total. The molecule has 0 spiro atoms. The van der Waals surface area contributed by atoms with Gasteiger partial charge in [-0.2, -0.15) is 0 Å². The molecule has 0 aliphatic carbocycles. The third-order valence-corrected chi connectivity index (χ3v) is 4.66. The standard InChI is InChI=1S/C19H31N3O2.ClH/c1-15(2)24-12-17-7-5-4-6-16(17)10-21-18(23)11-22-9-8-19(3,13-20)14-22;/h4-7,15H,8-14,20H2,1-3H3,(H,21,23);1H. The summed E-state index contributed by atoms with van der Waals surface area (Å²) in [4.78, 5) is 14.4. The molecule has 1 amide bonds. The predicted octanol–water partition coefficient (Wildman–Crippen LogP) is 2.32. The topological polar surface area (TPSA) is 67.6 Å². The minimum absolute atomic E-state index is 0. The number of nitrogens with two attached hydrogens (primary N) is 1. The van der Waals surface area contributed by atoms with Crippen molar-refractivity contribution in [1.29, 1.82) is 0 Å². The Bertz CT molecular complexity index is 553. The van der Waals surface area contributed by atoms with Crippen molar-refractivity contribution in [2.75, 3.05) is 26.2 Å². The summed E-state index contributed by atoms with van der Waals surface area (Å²) in [6.45, 7) is 10.3. The SMILES string of the molecule is CC(C)OCc1ccccc1CNC(=O)CN1CCC(C)(CN)C1.Cl. The average molecular weight is 370 g/mol. The number of hydrogen-bond acceptors (Lipinski definition) is 4. The molecule has 1 aromatic rings. The lowest BCUT2D eigenvalue weighted by atomic mass is 9.90. The van der Waals surface area contributed by atoms with Crippen molar-refractivity contribution in [1.82, 2.24) is 10.2 Å². The lowest BCUT2D eigenvalue weighted by molar-refractivity contribution is -0.122. The number of halogens is 1. The Morgan fingerprint density at radius 2 is 2.04 bits per heavy atom. The number of carbonyl (C=O) groups excluding carboxylic acids is 1. The van der Waals surface area contributed by atoms with Crippen LogP contribution in [0.25, 0.3) is 0 Å². The van der Waals surface area contributed by atoms with Crippen LogP contribution >= 0.6 is 12.4 Å². The van der Waals surface area contributed by atoms with E-state index in [9.17, 15) is 4.79 Å². The zero-order valence-electron chi connectivity index (χ0n) is 15.6. The second-order valence-electron chi connectivity index (χ2n) is 7.38. The van der Waals surface area contributed by atoms with E-state index in [1.807, 2.05) is 32.0 Å². The van der Waals surface area contributed by atoms with Crippen molar-refractivity contribution in [3.05, 3.63) is 35.4 Å². The van der Waals surface area contributed by atoms with Gasteiger partial charge in [-0.3, -0.25) is 9.69 Å². The maximum absolute atomic E-state index is 12.2. The van der Waals surface area contributed by atoms with Crippen LogP contribution in [-0.2, 0) is 22.7 Å². The van der Waals surface area contributed by atoms with Gasteiger partial charge in [0.15, 0.2) is 0 Å². The van der Waals surface area contributed by atoms with Gasteiger partial charge in [-0.1, -0.05) is 31.2 Å². The average Bonchev–Trinajstić information content (AvgIpc) is 2.93. The van der Waals surface area contributed by atoms with E-state index in [0.29, 0.717) is 26.2 Å². The molecule has 1 aliphatic rings. The van der Waals surface area contributed by atoms with E-state index in [2.05, 4.69) is 23.2 Å². The molecule has 25 heavy (non-hydrogen) atoms. The number of nitrogens with zero attached hydrogens (tertiary/aromatic N) is 1. The fraction of sp³-hybridized carbons (Fsp3) is 0.632. The highest BCUT2D eigenvalue weighted by molar-refractivity contribution is 5.85. The van der Waals surface area contributed by atoms with Crippen LogP contribution in [0.15, 0.2) is 24.3 Å². The molecule has 1 aliphatic heterocycles. The van der Waals surface area contributed by atoms with E-state index >= 15 is 0 Å². The first-order chi connectivity index (χ1) is 11.4. The van der Waals surface area contributed by atoms with Crippen LogP contribution < -0.4 is 11.1 Å². The quantitative estimate of drug-likeness (QED) is 0.738. The molecule has 0 radical (unpaired) electrons. The third-order valence-electron chi connectivity index (χ3n) is 4.66. The van der Waals surface area contributed by atoms with Crippen molar-refractivity contribution >= 4 is 18.3 Å². The molecule has 0 saturated carbocycles. The van der Waals surface area contributed by atoms with E-state index in [1.54, 1.807) is 0 Å². The number of ether oxygens (including phenoxy) is 1. The van der Waals surface area contributed by atoms with Gasteiger partial charge in [-0.15, -0.1) is 12.4 Å². The highest BCUT2D eigenvalue weighted by atomic mass is 35.5. The van der Waals surface area contributed by atoms with Crippen LogP contribution in [0.2, 0.25) is 0 Å². The molecule has 2 rings (SSSR count). The van der Waals surface area contributed by atoms with Gasteiger partial charge in [0.05, 0.1) is 19.3 Å². The fourth-order valence-corrected chi connectivity index (χ4v) is 3.01. The lowest BCUT2D eigenvalue weighted by Gasteiger charge is -2.22. The third kappa shape index (κ3) is 6.94. The fourth-order valence-electron chi connectivity index (χ4n) is 3.01. The number of benzene rings is 1. The van der Waals surface area contributed by atoms with Gasteiger partial charge in [-0.05, 0) is 49.9 Å². The summed E-state index contributed by atoms with van der Waals surface area (Å²) in [7, 11) is 0. The molecule has 1 heterocycles. The van der Waals surface area contributed by atoms with Gasteiger partial charge in [0.1, 0.15) is 0 Å². The Balaban J connectivity index is 0.00000312. The Morgan fingerprint density at radius 3 is 2.64 bits per heavy atom. The van der Waals surface area contributed by atoms with Gasteiger partial charge in [-0.25, -0.2) is 0 Å². The molecule has 6 heteroatoms. The van der Waals surface area contributed by atoms with Crippen LogP contribution in [0.3, 0.4) is 0 Å². The Hall–Kier alpha value is -1.14. The molecule has 3 N–H and O–H groups in total. The van der Waals surface area contributed by atoms with Crippen LogP contribution in [0.5, 0.6) is 0 Å². The van der Waals surface area contributed by atoms with Crippen molar-refractivity contribution < 1.29 is 9.53 Å². The smallest absolute Gasteiger partial charge is 0.234 e. The molecule has 1 atom stereocenters. The largest absolute Gasteiger partial charge is 0.374 e. The van der Waals surface area contributed by atoms with Gasteiger partial charge in [0.2, 0.25) is 5.91 Å². The summed E-state index contributed by atoms with van der Waals surface area (Å²) < 4.78 is 5.69. The van der Waals surface area contributed by atoms with E-state index in [4.69, 9.17) is 10.5 Å². The molecule has 1 saturated heterocycles. The highest BCUT2D eigenvalue weighted by Gasteiger charge is 2.32. The summed E-state index contributed by atoms with van der Waals surface area (Å²) in [6, 6.07) is 8.09. The molecule has 1 aromatic carbocycles. The van der Waals surface area contributed by atoms with Crippen molar-refractivity contribution in [3.8, 4) is 0 Å². The van der Waals surface area contributed by atoms with E-state index in [1.165, 1.54) is 0 Å². The van der Waals surface area contributed by atoms with Gasteiger partial charge < -0.3 is 15.8 Å². The number of nitrogens with one attached hydrogen (secondary N) is 1. The molecule has 0 bridgehead atoms. The first-order valence-corrected chi connectivity index (χ1v) is 8.79. The zero-order chi connectivity index (χ0) is 17.6. The van der Waals surface area contributed by atoms with Crippen LogP contribution in [0.1, 0.15) is 38.3 Å². The zero-order valence-corrected chi connectivity index (χ0v) is 16.4. The second-order valence-corrected chi connectivity index (χ2v) is 7.38. The van der Waals surface area contributed by atoms with E-state index < -0.39 is 0 Å². The van der Waals surface area contributed by atoms with Gasteiger partial charge in [0, 0.05) is 13.1 Å². The Kier molecular flexibility index (Phi) is 8.86. The second kappa shape index (κ2) is 10.1. The Morgan fingerprint density at radius 1 is 1.36 bits per heavy atom. The molecule has 1 unspecified atom stereocenters. The normalized spacial score (nSPS) is 20.5. The Labute approximate surface area is 157 Å². The lowest BCUT2D eigenvalue weighted by Crippen LogP contribution is -2.38. The minimum atomic E-state index is 0. The highest BCUT2D eigenvalue weighted by Crippen LogP contribution is 2.27. The van der Waals surface area contributed by atoms with Crippen molar-refractivity contribution in [2.45, 2.75) is 46.4 Å². The summed E-state index contributed by atoms with van der Waals surface area (Å²) in [5.41, 5.74) is 8.22. The van der Waals surface area contributed by atoms with Crippen molar-refractivity contribution in [2.24, 2.45) is 11.1 Å². The van der Waals surface area contributed by atoms with Crippen LogP contribution in [0.4, 0.5) is 0 Å². The maximum Gasteiger partial charge on any atom is 0.234 e. The number of likely N-dealkylation sites (tertiary alicyclic amines) is 1. The number of amides is 1. The predicted molar refractivity (Wildman–Crippen MR) is 104 cm³/mol. The van der Waals surface area contributed by atoms with Crippen molar-refractivity contribution in [3.63, 3.8) is 0 Å². The molecule has 142 valence electrons. The maximum atomic E-state index is 12.2. The van der Waals surface area contributed by atoms with Gasteiger partial charge in [0.25, 0.3) is 0 Å². The minimum Gasteiger partial charge on any atom is -0.374 e.